The number of piperidine rings is 1. The number of H-pyrrole nitrogens is 1. The predicted molar refractivity (Wildman–Crippen MR) is 207 cm³/mol. The Balaban J connectivity index is 1.20. The topological polar surface area (TPSA) is 153 Å². The number of hydrogen-bond donors (Lipinski definition) is 4. The van der Waals surface area contributed by atoms with E-state index in [2.05, 4.69) is 15.6 Å². The molecule has 2 saturated heterocycles. The van der Waals surface area contributed by atoms with Crippen LogP contribution in [0.1, 0.15) is 74.7 Å². The van der Waals surface area contributed by atoms with E-state index in [9.17, 15) is 24.3 Å². The molecule has 13 heteroatoms. The van der Waals surface area contributed by atoms with Gasteiger partial charge in [-0.15, -0.1) is 0 Å². The zero-order valence-electron chi connectivity index (χ0n) is 31.7. The van der Waals surface area contributed by atoms with Crippen molar-refractivity contribution in [2.75, 3.05) is 40.3 Å². The number of methoxy groups -OCH3 is 1. The summed E-state index contributed by atoms with van der Waals surface area (Å²) >= 11 is 6.19. The third-order valence-electron chi connectivity index (χ3n) is 11.5. The number of aromatic amines is 1. The highest BCUT2D eigenvalue weighted by Crippen LogP contribution is 2.38. The van der Waals surface area contributed by atoms with Crippen LogP contribution in [0.2, 0.25) is 5.02 Å². The lowest BCUT2D eigenvalue weighted by atomic mass is 9.79. The van der Waals surface area contributed by atoms with Gasteiger partial charge in [0, 0.05) is 60.9 Å². The van der Waals surface area contributed by atoms with E-state index in [-0.39, 0.29) is 60.6 Å². The Morgan fingerprint density at radius 3 is 2.46 bits per heavy atom. The number of aliphatic hydroxyl groups is 1. The van der Waals surface area contributed by atoms with Gasteiger partial charge in [0.15, 0.2) is 11.5 Å². The highest BCUT2D eigenvalue weighted by Gasteiger charge is 2.48. The minimum atomic E-state index is -0.725. The fraction of sp³-hybridized carbons (Fsp3) is 0.561. The molecule has 4 N–H and O–H groups in total. The van der Waals surface area contributed by atoms with E-state index in [0.29, 0.717) is 54.1 Å². The minimum Gasteiger partial charge on any atom is -0.493 e. The smallest absolute Gasteiger partial charge is 0.254 e. The van der Waals surface area contributed by atoms with E-state index in [1.165, 1.54) is 7.11 Å². The second-order valence-electron chi connectivity index (χ2n) is 15.5. The summed E-state index contributed by atoms with van der Waals surface area (Å²) in [5.41, 5.74) is 2.12. The Bertz CT molecular complexity index is 1820. The molecular formula is C41H54ClN5O7. The Morgan fingerprint density at radius 1 is 0.981 bits per heavy atom. The number of nitrogens with one attached hydrogen (secondary N) is 3. The Kier molecular flexibility index (Phi) is 12.7. The van der Waals surface area contributed by atoms with Gasteiger partial charge in [-0.1, -0.05) is 30.5 Å². The van der Waals surface area contributed by atoms with Crippen LogP contribution in [-0.4, -0.2) is 102 Å². The number of aliphatic hydroxyl groups excluding tert-OH is 1. The van der Waals surface area contributed by atoms with Crippen molar-refractivity contribution in [2.45, 2.75) is 83.5 Å². The van der Waals surface area contributed by atoms with Crippen LogP contribution in [0.4, 0.5) is 0 Å². The molecule has 292 valence electrons. The van der Waals surface area contributed by atoms with Crippen LogP contribution in [0.25, 0.3) is 10.9 Å². The van der Waals surface area contributed by atoms with Gasteiger partial charge in [0.2, 0.25) is 17.7 Å². The lowest BCUT2D eigenvalue weighted by Crippen LogP contribution is -2.56. The molecule has 3 aromatic rings. The fourth-order valence-electron chi connectivity index (χ4n) is 8.60. The monoisotopic (exact) mass is 763 g/mol. The molecule has 0 bridgehead atoms. The van der Waals surface area contributed by atoms with E-state index in [1.54, 1.807) is 41.1 Å². The van der Waals surface area contributed by atoms with Crippen LogP contribution in [0.15, 0.2) is 42.6 Å². The van der Waals surface area contributed by atoms with Crippen molar-refractivity contribution in [3.05, 3.63) is 58.7 Å². The Hall–Kier alpha value is -4.29. The van der Waals surface area contributed by atoms with E-state index >= 15 is 0 Å². The average Bonchev–Trinajstić information content (AvgIpc) is 3.77. The normalized spacial score (nSPS) is 23.2. The number of ether oxygens (including phenoxy) is 2. The molecule has 0 spiro atoms. The van der Waals surface area contributed by atoms with Crippen LogP contribution in [0.3, 0.4) is 0 Å². The number of nitrogens with zero attached hydrogens (tertiary/aromatic N) is 2. The minimum absolute atomic E-state index is 0.0692. The number of halogens is 1. The molecular weight excluding hydrogens is 710 g/mol. The number of carbonyl (C=O) groups excluding carboxylic acids is 4. The first-order valence-electron chi connectivity index (χ1n) is 19.3. The quantitative estimate of drug-likeness (QED) is 0.192. The largest absolute Gasteiger partial charge is 0.493 e. The molecule has 3 unspecified atom stereocenters. The standard InChI is InChI=1S/C41H54ClN5O7/c1-24(2)54-36-15-10-26(16-37(36)53-4)41(52)47-21-28-20-46(38(49)17-27-19-44-35-18-29(42)11-14-31(27)35)23-33(32(28)22-47)39(50)45-34(40(51)43-3)7-5-6-25-8-12-30(48)13-9-25/h10-11,14-16,18-19,24-25,28,30,32-34,44,48H,5-9,12-13,17,20-23H2,1-4H3,(H,43,51)(H,45,50)/t25?,28?,30?,32?,33?,34-/m1/s1. The van der Waals surface area contributed by atoms with Crippen molar-refractivity contribution < 1.29 is 33.8 Å². The lowest BCUT2D eigenvalue weighted by molar-refractivity contribution is -0.140. The molecule has 2 aliphatic heterocycles. The third kappa shape index (κ3) is 9.14. The molecule has 6 rings (SSSR count). The average molecular weight is 764 g/mol. The molecule has 0 radical (unpaired) electrons. The van der Waals surface area contributed by atoms with Gasteiger partial charge < -0.3 is 40.0 Å². The van der Waals surface area contributed by atoms with Crippen molar-refractivity contribution in [3.8, 4) is 11.5 Å². The molecule has 4 atom stereocenters. The highest BCUT2D eigenvalue weighted by atomic mass is 35.5. The van der Waals surface area contributed by atoms with Crippen LogP contribution < -0.4 is 20.1 Å². The SMILES string of the molecule is CNC(=O)[C@@H](CCCC1CCC(O)CC1)NC(=O)C1CN(C(=O)Cc2c[nH]c3cc(Cl)ccc23)CC2CN(C(=O)c3ccc(OC(C)C)c(OC)c3)CC21. The van der Waals surface area contributed by atoms with Gasteiger partial charge >= 0.3 is 0 Å². The summed E-state index contributed by atoms with van der Waals surface area (Å²) in [6.45, 7) is 5.15. The van der Waals surface area contributed by atoms with Crippen LogP contribution >= 0.6 is 11.6 Å². The summed E-state index contributed by atoms with van der Waals surface area (Å²) in [6, 6.07) is 9.93. The molecule has 1 aromatic heterocycles. The number of aromatic nitrogens is 1. The van der Waals surface area contributed by atoms with Crippen LogP contribution in [0.5, 0.6) is 11.5 Å². The molecule has 1 saturated carbocycles. The van der Waals surface area contributed by atoms with Gasteiger partial charge in [0.1, 0.15) is 6.04 Å². The predicted octanol–water partition coefficient (Wildman–Crippen LogP) is 4.96. The second kappa shape index (κ2) is 17.5. The summed E-state index contributed by atoms with van der Waals surface area (Å²) in [6.07, 6.45) is 7.40. The van der Waals surface area contributed by atoms with Gasteiger partial charge in [-0.2, -0.15) is 0 Å². The maximum absolute atomic E-state index is 14.3. The summed E-state index contributed by atoms with van der Waals surface area (Å²) in [7, 11) is 3.10. The molecule has 3 heterocycles. The second-order valence-corrected chi connectivity index (χ2v) is 16.0. The molecule has 3 aliphatic rings. The summed E-state index contributed by atoms with van der Waals surface area (Å²) in [5.74, 6) is -0.322. The number of likely N-dealkylation sites (tertiary alicyclic amines) is 2. The zero-order valence-corrected chi connectivity index (χ0v) is 32.5. The summed E-state index contributed by atoms with van der Waals surface area (Å²) in [4.78, 5) is 62.1. The van der Waals surface area contributed by atoms with Crippen molar-refractivity contribution >= 4 is 46.1 Å². The van der Waals surface area contributed by atoms with Crippen molar-refractivity contribution in [2.24, 2.45) is 23.7 Å². The highest BCUT2D eigenvalue weighted by molar-refractivity contribution is 6.31. The number of likely N-dealkylation sites (N-methyl/N-ethyl adjacent to an activating group) is 1. The fourth-order valence-corrected chi connectivity index (χ4v) is 8.77. The lowest BCUT2D eigenvalue weighted by Gasteiger charge is -2.40. The van der Waals surface area contributed by atoms with Crippen molar-refractivity contribution in [1.29, 1.82) is 0 Å². The van der Waals surface area contributed by atoms with Gasteiger partial charge in [0.05, 0.1) is 31.7 Å². The number of benzene rings is 2. The van der Waals surface area contributed by atoms with E-state index < -0.39 is 12.0 Å². The van der Waals surface area contributed by atoms with Gasteiger partial charge in [-0.3, -0.25) is 19.2 Å². The third-order valence-corrected chi connectivity index (χ3v) is 11.7. The van der Waals surface area contributed by atoms with E-state index in [4.69, 9.17) is 21.1 Å². The summed E-state index contributed by atoms with van der Waals surface area (Å²) < 4.78 is 11.4. The van der Waals surface area contributed by atoms with Gasteiger partial charge in [0.25, 0.3) is 5.91 Å². The van der Waals surface area contributed by atoms with Crippen molar-refractivity contribution in [1.82, 2.24) is 25.4 Å². The maximum atomic E-state index is 14.3. The van der Waals surface area contributed by atoms with Crippen LogP contribution in [-0.2, 0) is 20.8 Å². The first-order chi connectivity index (χ1) is 25.9. The molecule has 3 fully saturated rings. The first kappa shape index (κ1) is 39.4. The number of fused-ring (bicyclic) bond motifs is 2. The molecule has 54 heavy (non-hydrogen) atoms. The van der Waals surface area contributed by atoms with Crippen molar-refractivity contribution in [3.63, 3.8) is 0 Å². The zero-order chi connectivity index (χ0) is 38.5. The van der Waals surface area contributed by atoms with E-state index in [0.717, 1.165) is 55.0 Å². The molecule has 12 nitrogen and oxygen atoms in total. The van der Waals surface area contributed by atoms with Gasteiger partial charge in [-0.05, 0) is 99.6 Å². The Labute approximate surface area is 322 Å². The summed E-state index contributed by atoms with van der Waals surface area (Å²) in [5, 5.41) is 17.2. The van der Waals surface area contributed by atoms with Crippen LogP contribution in [0, 0.1) is 23.7 Å². The van der Waals surface area contributed by atoms with Gasteiger partial charge in [-0.25, -0.2) is 0 Å². The number of carbonyl (C=O) groups is 4. The first-order valence-corrected chi connectivity index (χ1v) is 19.7. The molecule has 4 amide bonds. The molecule has 1 aliphatic carbocycles. The Morgan fingerprint density at radius 2 is 1.74 bits per heavy atom. The number of rotatable bonds is 13. The number of hydrogen-bond acceptors (Lipinski definition) is 7. The molecule has 2 aromatic carbocycles. The van der Waals surface area contributed by atoms with E-state index in [1.807, 2.05) is 32.2 Å². The number of amides is 4. The maximum Gasteiger partial charge on any atom is 0.254 e.